The van der Waals surface area contributed by atoms with E-state index in [1.54, 1.807) is 12.1 Å². The molecule has 1 heterocycles. The summed E-state index contributed by atoms with van der Waals surface area (Å²) < 4.78 is 5.20. The number of hydrogen-bond acceptors (Lipinski definition) is 5. The van der Waals surface area contributed by atoms with E-state index in [1.165, 1.54) is 12.1 Å². The number of nitrogens with one attached hydrogen (secondary N) is 1. The van der Waals surface area contributed by atoms with Crippen LogP contribution in [0.15, 0.2) is 18.2 Å². The van der Waals surface area contributed by atoms with Gasteiger partial charge < -0.3 is 10.1 Å². The molecule has 1 unspecified atom stereocenters. The average Bonchev–Trinajstić information content (AvgIpc) is 2.81. The van der Waals surface area contributed by atoms with Crippen LogP contribution < -0.4 is 5.32 Å². The minimum absolute atomic E-state index is 0.0724. The maximum Gasteiger partial charge on any atom is 0.289 e. The molecule has 1 aliphatic heterocycles. The number of nitro groups is 1. The van der Waals surface area contributed by atoms with Crippen LogP contribution in [0.4, 0.5) is 11.4 Å². The topological polar surface area (TPSA) is 88.2 Å². The second-order valence-corrected chi connectivity index (χ2v) is 3.81. The SMILES string of the molecule is N#Cc1ccc(NC2CCOC2)cc1[N+](=O)[O-]. The molecule has 1 aliphatic rings. The third kappa shape index (κ3) is 2.52. The molecule has 0 spiro atoms. The first-order chi connectivity index (χ1) is 8.20. The lowest BCUT2D eigenvalue weighted by molar-refractivity contribution is -0.385. The Bertz CT molecular complexity index is 475. The lowest BCUT2D eigenvalue weighted by Gasteiger charge is -2.11. The number of rotatable bonds is 3. The monoisotopic (exact) mass is 233 g/mol. The van der Waals surface area contributed by atoms with Crippen LogP contribution in [0.3, 0.4) is 0 Å². The normalized spacial score (nSPS) is 18.6. The fraction of sp³-hybridized carbons (Fsp3) is 0.364. The standard InChI is InChI=1S/C11H11N3O3/c12-6-8-1-2-9(5-11(8)14(15)16)13-10-3-4-17-7-10/h1-2,5,10,13H,3-4,7H2. The predicted octanol–water partition coefficient (Wildman–Crippen LogP) is 1.67. The van der Waals surface area contributed by atoms with Gasteiger partial charge >= 0.3 is 0 Å². The lowest BCUT2D eigenvalue weighted by atomic mass is 10.1. The van der Waals surface area contributed by atoms with Gasteiger partial charge in [0.2, 0.25) is 0 Å². The quantitative estimate of drug-likeness (QED) is 0.633. The van der Waals surface area contributed by atoms with Crippen LogP contribution in [0, 0.1) is 21.4 Å². The molecule has 17 heavy (non-hydrogen) atoms. The van der Waals surface area contributed by atoms with Crippen molar-refractivity contribution >= 4 is 11.4 Å². The molecule has 1 saturated heterocycles. The molecule has 6 nitrogen and oxygen atoms in total. The third-order valence-corrected chi connectivity index (χ3v) is 2.62. The van der Waals surface area contributed by atoms with E-state index in [1.807, 2.05) is 0 Å². The van der Waals surface area contributed by atoms with Gasteiger partial charge in [-0.2, -0.15) is 5.26 Å². The summed E-state index contributed by atoms with van der Waals surface area (Å²) in [7, 11) is 0. The lowest BCUT2D eigenvalue weighted by Crippen LogP contribution is -2.18. The fourth-order valence-corrected chi connectivity index (χ4v) is 1.75. The number of nitro benzene ring substituents is 1. The van der Waals surface area contributed by atoms with Gasteiger partial charge in [0, 0.05) is 18.4 Å². The van der Waals surface area contributed by atoms with E-state index in [9.17, 15) is 10.1 Å². The summed E-state index contributed by atoms with van der Waals surface area (Å²) in [4.78, 5) is 10.2. The van der Waals surface area contributed by atoms with Gasteiger partial charge in [-0.1, -0.05) is 0 Å². The van der Waals surface area contributed by atoms with Crippen molar-refractivity contribution in [3.8, 4) is 6.07 Å². The average molecular weight is 233 g/mol. The van der Waals surface area contributed by atoms with Crippen molar-refractivity contribution in [1.82, 2.24) is 0 Å². The summed E-state index contributed by atoms with van der Waals surface area (Å²) >= 11 is 0. The van der Waals surface area contributed by atoms with Crippen molar-refractivity contribution in [2.75, 3.05) is 18.5 Å². The number of anilines is 1. The van der Waals surface area contributed by atoms with E-state index in [2.05, 4.69) is 5.32 Å². The second kappa shape index (κ2) is 4.80. The van der Waals surface area contributed by atoms with E-state index in [4.69, 9.17) is 10.00 Å². The first-order valence-corrected chi connectivity index (χ1v) is 5.23. The van der Waals surface area contributed by atoms with E-state index in [0.717, 1.165) is 6.42 Å². The molecule has 0 radical (unpaired) electrons. The maximum atomic E-state index is 10.8. The minimum atomic E-state index is -0.547. The molecule has 0 aliphatic carbocycles. The van der Waals surface area contributed by atoms with Gasteiger partial charge in [0.15, 0.2) is 0 Å². The van der Waals surface area contributed by atoms with Crippen LogP contribution in [0.25, 0.3) is 0 Å². The molecule has 6 heteroatoms. The Kier molecular flexibility index (Phi) is 3.21. The molecular weight excluding hydrogens is 222 g/mol. The second-order valence-electron chi connectivity index (χ2n) is 3.81. The van der Waals surface area contributed by atoms with Crippen LogP contribution >= 0.6 is 0 Å². The summed E-state index contributed by atoms with van der Waals surface area (Å²) in [5, 5.41) is 22.7. The van der Waals surface area contributed by atoms with Gasteiger partial charge in [-0.15, -0.1) is 0 Å². The highest BCUT2D eigenvalue weighted by Crippen LogP contribution is 2.23. The number of benzene rings is 1. The van der Waals surface area contributed by atoms with E-state index >= 15 is 0 Å². The van der Waals surface area contributed by atoms with E-state index in [-0.39, 0.29) is 17.3 Å². The van der Waals surface area contributed by atoms with Crippen LogP contribution in [0.1, 0.15) is 12.0 Å². The van der Waals surface area contributed by atoms with Gasteiger partial charge in [-0.25, -0.2) is 0 Å². The van der Waals surface area contributed by atoms with Gasteiger partial charge in [0.25, 0.3) is 5.69 Å². The Balaban J connectivity index is 2.21. The van der Waals surface area contributed by atoms with Gasteiger partial charge in [-0.3, -0.25) is 10.1 Å². The molecular formula is C11H11N3O3. The van der Waals surface area contributed by atoms with Crippen LogP contribution in [-0.4, -0.2) is 24.2 Å². The summed E-state index contributed by atoms with van der Waals surface area (Å²) in [6, 6.07) is 6.50. The van der Waals surface area contributed by atoms with Crippen molar-refractivity contribution in [2.24, 2.45) is 0 Å². The Labute approximate surface area is 98.0 Å². The van der Waals surface area contributed by atoms with Crippen LogP contribution in [0.5, 0.6) is 0 Å². The maximum absolute atomic E-state index is 10.8. The van der Waals surface area contributed by atoms with Crippen molar-refractivity contribution in [3.05, 3.63) is 33.9 Å². The van der Waals surface area contributed by atoms with Crippen molar-refractivity contribution in [1.29, 1.82) is 5.26 Å². The molecule has 0 bridgehead atoms. The predicted molar refractivity (Wildman–Crippen MR) is 60.7 cm³/mol. The molecule has 1 aromatic carbocycles. The number of nitrogens with zero attached hydrogens (tertiary/aromatic N) is 2. The van der Waals surface area contributed by atoms with E-state index in [0.29, 0.717) is 18.9 Å². The molecule has 1 aromatic rings. The molecule has 1 N–H and O–H groups in total. The van der Waals surface area contributed by atoms with Gasteiger partial charge in [-0.05, 0) is 18.6 Å². The zero-order valence-corrected chi connectivity index (χ0v) is 9.05. The molecule has 0 aromatic heterocycles. The zero-order valence-electron chi connectivity index (χ0n) is 9.05. The molecule has 0 amide bonds. The number of hydrogen-bond donors (Lipinski definition) is 1. The molecule has 0 saturated carbocycles. The first kappa shape index (κ1) is 11.4. The Hall–Kier alpha value is -2.13. The van der Waals surface area contributed by atoms with Crippen molar-refractivity contribution in [2.45, 2.75) is 12.5 Å². The summed E-state index contributed by atoms with van der Waals surface area (Å²) in [5.74, 6) is 0. The zero-order chi connectivity index (χ0) is 12.3. The first-order valence-electron chi connectivity index (χ1n) is 5.23. The highest BCUT2D eigenvalue weighted by molar-refractivity contribution is 5.59. The van der Waals surface area contributed by atoms with E-state index < -0.39 is 4.92 Å². The minimum Gasteiger partial charge on any atom is -0.380 e. The van der Waals surface area contributed by atoms with Crippen molar-refractivity contribution < 1.29 is 9.66 Å². The van der Waals surface area contributed by atoms with Crippen LogP contribution in [-0.2, 0) is 4.74 Å². The molecule has 2 rings (SSSR count). The molecule has 1 fully saturated rings. The summed E-state index contributed by atoms with van der Waals surface area (Å²) in [6.45, 7) is 1.31. The summed E-state index contributed by atoms with van der Waals surface area (Å²) in [6.07, 6.45) is 0.883. The third-order valence-electron chi connectivity index (χ3n) is 2.62. The number of nitriles is 1. The van der Waals surface area contributed by atoms with Gasteiger partial charge in [0.1, 0.15) is 11.6 Å². The fourth-order valence-electron chi connectivity index (χ4n) is 1.75. The smallest absolute Gasteiger partial charge is 0.289 e. The summed E-state index contributed by atoms with van der Waals surface area (Å²) in [5.41, 5.74) is 0.547. The van der Waals surface area contributed by atoms with Crippen LogP contribution in [0.2, 0.25) is 0 Å². The molecule has 1 atom stereocenters. The van der Waals surface area contributed by atoms with Gasteiger partial charge in [0.05, 0.1) is 17.6 Å². The molecule has 88 valence electrons. The Morgan fingerprint density at radius 1 is 1.59 bits per heavy atom. The Morgan fingerprint density at radius 2 is 2.41 bits per heavy atom. The largest absolute Gasteiger partial charge is 0.380 e. The highest BCUT2D eigenvalue weighted by atomic mass is 16.6. The van der Waals surface area contributed by atoms with Crippen molar-refractivity contribution in [3.63, 3.8) is 0 Å². The number of ether oxygens (including phenoxy) is 1. The Morgan fingerprint density at radius 3 is 3.00 bits per heavy atom. The highest BCUT2D eigenvalue weighted by Gasteiger charge is 2.18.